The number of carbonyl (C=O) groups excluding carboxylic acids is 1. The van der Waals surface area contributed by atoms with Crippen LogP contribution in [0.3, 0.4) is 0 Å². The van der Waals surface area contributed by atoms with Crippen molar-refractivity contribution in [2.75, 3.05) is 0 Å². The monoisotopic (exact) mass is 409 g/mol. The standard InChI is InChI=1S/C26H35NO3/c1-8-22(29-19-12-10-18(11-13-19)25(3,4)5)24(28)27-21-16-26(6,7)30-23-14-9-17(2)15-20(21)23/h9-15,21-22H,8,16H2,1-7H3,(H,27,28)/t21-,22-/m1/s1. The molecular formula is C26H35NO3. The van der Waals surface area contributed by atoms with Crippen LogP contribution < -0.4 is 14.8 Å². The van der Waals surface area contributed by atoms with Gasteiger partial charge in [-0.2, -0.15) is 0 Å². The summed E-state index contributed by atoms with van der Waals surface area (Å²) in [5.41, 5.74) is 3.17. The minimum absolute atomic E-state index is 0.0848. The Bertz CT molecular complexity index is 893. The Balaban J connectivity index is 1.74. The minimum Gasteiger partial charge on any atom is -0.487 e. The van der Waals surface area contributed by atoms with E-state index in [1.54, 1.807) is 0 Å². The molecule has 1 heterocycles. The molecule has 0 unspecified atom stereocenters. The normalized spacial score (nSPS) is 18.7. The van der Waals surface area contributed by atoms with Gasteiger partial charge in [-0.25, -0.2) is 0 Å². The lowest BCUT2D eigenvalue weighted by Crippen LogP contribution is -2.45. The van der Waals surface area contributed by atoms with Crippen molar-refractivity contribution in [2.24, 2.45) is 0 Å². The summed E-state index contributed by atoms with van der Waals surface area (Å²) in [5.74, 6) is 1.47. The van der Waals surface area contributed by atoms with E-state index in [1.165, 1.54) is 5.56 Å². The highest BCUT2D eigenvalue weighted by Crippen LogP contribution is 2.40. The molecule has 0 radical (unpaired) electrons. The van der Waals surface area contributed by atoms with Crippen molar-refractivity contribution in [2.45, 2.75) is 84.5 Å². The first-order valence-electron chi connectivity index (χ1n) is 10.9. The summed E-state index contributed by atoms with van der Waals surface area (Å²) in [4.78, 5) is 13.1. The van der Waals surface area contributed by atoms with Gasteiger partial charge < -0.3 is 14.8 Å². The minimum atomic E-state index is -0.537. The van der Waals surface area contributed by atoms with Gasteiger partial charge in [-0.05, 0) is 56.4 Å². The average molecular weight is 410 g/mol. The maximum Gasteiger partial charge on any atom is 0.261 e. The SMILES string of the molecule is CC[C@@H](Oc1ccc(C(C)(C)C)cc1)C(=O)N[C@@H]1CC(C)(C)Oc2ccc(C)cc21. The predicted octanol–water partition coefficient (Wildman–Crippen LogP) is 5.87. The highest BCUT2D eigenvalue weighted by molar-refractivity contribution is 5.81. The summed E-state index contributed by atoms with van der Waals surface area (Å²) in [5, 5.41) is 3.22. The molecule has 0 aliphatic carbocycles. The molecule has 0 aromatic heterocycles. The summed E-state index contributed by atoms with van der Waals surface area (Å²) >= 11 is 0. The molecule has 2 atom stereocenters. The Hall–Kier alpha value is -2.49. The van der Waals surface area contributed by atoms with Gasteiger partial charge in [-0.1, -0.05) is 57.5 Å². The van der Waals surface area contributed by atoms with Crippen LogP contribution >= 0.6 is 0 Å². The highest BCUT2D eigenvalue weighted by atomic mass is 16.5. The van der Waals surface area contributed by atoms with E-state index in [0.717, 1.165) is 16.9 Å². The largest absolute Gasteiger partial charge is 0.487 e. The Morgan fingerprint density at radius 2 is 1.87 bits per heavy atom. The number of aryl methyl sites for hydroxylation is 1. The molecule has 30 heavy (non-hydrogen) atoms. The molecule has 2 aromatic rings. The number of hydrogen-bond acceptors (Lipinski definition) is 3. The molecule has 4 heteroatoms. The third-order valence-corrected chi connectivity index (χ3v) is 5.60. The van der Waals surface area contributed by atoms with Crippen molar-refractivity contribution in [3.05, 3.63) is 59.2 Å². The molecule has 0 bridgehead atoms. The molecule has 1 N–H and O–H groups in total. The van der Waals surface area contributed by atoms with E-state index in [9.17, 15) is 4.79 Å². The van der Waals surface area contributed by atoms with Gasteiger partial charge in [0.25, 0.3) is 5.91 Å². The van der Waals surface area contributed by atoms with E-state index in [2.05, 4.69) is 65.1 Å². The van der Waals surface area contributed by atoms with Gasteiger partial charge in [-0.15, -0.1) is 0 Å². The van der Waals surface area contributed by atoms with Gasteiger partial charge >= 0.3 is 0 Å². The second-order valence-corrected chi connectivity index (χ2v) is 9.96. The first-order valence-corrected chi connectivity index (χ1v) is 10.9. The molecule has 2 aromatic carbocycles. The summed E-state index contributed by atoms with van der Waals surface area (Å²) < 4.78 is 12.2. The zero-order chi connectivity index (χ0) is 22.1. The van der Waals surface area contributed by atoms with Crippen molar-refractivity contribution in [1.82, 2.24) is 5.32 Å². The van der Waals surface area contributed by atoms with Crippen molar-refractivity contribution < 1.29 is 14.3 Å². The Morgan fingerprint density at radius 1 is 1.20 bits per heavy atom. The number of carbonyl (C=O) groups is 1. The fourth-order valence-corrected chi connectivity index (χ4v) is 3.89. The molecule has 4 nitrogen and oxygen atoms in total. The first kappa shape index (κ1) is 22.2. The fourth-order valence-electron chi connectivity index (χ4n) is 3.89. The van der Waals surface area contributed by atoms with Crippen LogP contribution in [-0.2, 0) is 10.2 Å². The summed E-state index contributed by atoms with van der Waals surface area (Å²) in [7, 11) is 0. The average Bonchev–Trinajstić information content (AvgIpc) is 2.65. The topological polar surface area (TPSA) is 47.6 Å². The van der Waals surface area contributed by atoms with E-state index in [4.69, 9.17) is 9.47 Å². The molecule has 1 aliphatic rings. The van der Waals surface area contributed by atoms with Crippen LogP contribution in [0.2, 0.25) is 0 Å². The van der Waals surface area contributed by atoms with Crippen LogP contribution in [0.25, 0.3) is 0 Å². The highest BCUT2D eigenvalue weighted by Gasteiger charge is 2.35. The zero-order valence-electron chi connectivity index (χ0n) is 19.3. The first-order chi connectivity index (χ1) is 14.0. The van der Waals surface area contributed by atoms with E-state index < -0.39 is 6.10 Å². The fraction of sp³-hybridized carbons (Fsp3) is 0.500. The molecule has 3 rings (SSSR count). The van der Waals surface area contributed by atoms with Gasteiger partial charge in [0.2, 0.25) is 0 Å². The number of benzene rings is 2. The van der Waals surface area contributed by atoms with Crippen LogP contribution in [0, 0.1) is 6.92 Å². The molecular weight excluding hydrogens is 374 g/mol. The lowest BCUT2D eigenvalue weighted by molar-refractivity contribution is -0.129. The molecule has 162 valence electrons. The summed E-state index contributed by atoms with van der Waals surface area (Å²) in [6, 6.07) is 14.1. The molecule has 1 amide bonds. The van der Waals surface area contributed by atoms with Crippen molar-refractivity contribution in [1.29, 1.82) is 0 Å². The van der Waals surface area contributed by atoms with Gasteiger partial charge in [0.15, 0.2) is 6.10 Å². The second-order valence-electron chi connectivity index (χ2n) is 9.96. The number of fused-ring (bicyclic) bond motifs is 1. The summed E-state index contributed by atoms with van der Waals surface area (Å²) in [6.45, 7) is 14.7. The van der Waals surface area contributed by atoms with Crippen LogP contribution in [0.15, 0.2) is 42.5 Å². The molecule has 0 saturated carbocycles. The van der Waals surface area contributed by atoms with Gasteiger partial charge in [0.1, 0.15) is 17.1 Å². The smallest absolute Gasteiger partial charge is 0.261 e. The van der Waals surface area contributed by atoms with Crippen LogP contribution in [0.5, 0.6) is 11.5 Å². The van der Waals surface area contributed by atoms with E-state index in [-0.39, 0.29) is 23.0 Å². The second kappa shape index (κ2) is 8.33. The summed E-state index contributed by atoms with van der Waals surface area (Å²) in [6.07, 6.45) is 0.774. The van der Waals surface area contributed by atoms with E-state index in [1.807, 2.05) is 31.2 Å². The lowest BCUT2D eigenvalue weighted by Gasteiger charge is -2.38. The Kier molecular flexibility index (Phi) is 6.16. The van der Waals surface area contributed by atoms with Crippen molar-refractivity contribution in [3.8, 4) is 11.5 Å². The number of hydrogen-bond donors (Lipinski definition) is 1. The lowest BCUT2D eigenvalue weighted by atomic mass is 9.87. The van der Waals surface area contributed by atoms with E-state index in [0.29, 0.717) is 18.6 Å². The third kappa shape index (κ3) is 5.16. The Labute approximate surface area is 181 Å². The third-order valence-electron chi connectivity index (χ3n) is 5.60. The van der Waals surface area contributed by atoms with Gasteiger partial charge in [0.05, 0.1) is 6.04 Å². The maximum absolute atomic E-state index is 13.1. The van der Waals surface area contributed by atoms with Gasteiger partial charge in [0, 0.05) is 12.0 Å². The molecule has 0 spiro atoms. The van der Waals surface area contributed by atoms with Crippen LogP contribution in [-0.4, -0.2) is 17.6 Å². The predicted molar refractivity (Wildman–Crippen MR) is 121 cm³/mol. The van der Waals surface area contributed by atoms with Gasteiger partial charge in [-0.3, -0.25) is 4.79 Å². The van der Waals surface area contributed by atoms with Crippen LogP contribution in [0.4, 0.5) is 0 Å². The Morgan fingerprint density at radius 3 is 2.47 bits per heavy atom. The number of ether oxygens (including phenoxy) is 2. The number of amides is 1. The molecule has 1 aliphatic heterocycles. The quantitative estimate of drug-likeness (QED) is 0.672. The van der Waals surface area contributed by atoms with Crippen molar-refractivity contribution >= 4 is 5.91 Å². The molecule has 0 saturated heterocycles. The van der Waals surface area contributed by atoms with E-state index >= 15 is 0 Å². The number of nitrogens with one attached hydrogen (secondary N) is 1. The maximum atomic E-state index is 13.1. The number of rotatable bonds is 5. The van der Waals surface area contributed by atoms with Crippen LogP contribution in [0.1, 0.15) is 77.1 Å². The zero-order valence-corrected chi connectivity index (χ0v) is 19.3. The molecule has 0 fully saturated rings. The van der Waals surface area contributed by atoms with Crippen molar-refractivity contribution in [3.63, 3.8) is 0 Å².